The lowest BCUT2D eigenvalue weighted by Gasteiger charge is -2.49. The van der Waals surface area contributed by atoms with E-state index in [1.165, 1.54) is 32.1 Å². The zero-order valence-electron chi connectivity index (χ0n) is 13.2. The van der Waals surface area contributed by atoms with E-state index in [-0.39, 0.29) is 11.4 Å². The van der Waals surface area contributed by atoms with Crippen molar-refractivity contribution in [3.8, 4) is 0 Å². The lowest BCUT2D eigenvalue weighted by atomic mass is 9.79. The molecule has 1 amide bonds. The Kier molecular flexibility index (Phi) is 5.47. The molecule has 3 rings (SSSR count). The van der Waals surface area contributed by atoms with Crippen molar-refractivity contribution in [1.29, 1.82) is 0 Å². The third kappa shape index (κ3) is 4.00. The minimum absolute atomic E-state index is 0.0268. The zero-order valence-corrected chi connectivity index (χ0v) is 14.7. The van der Waals surface area contributed by atoms with E-state index in [9.17, 15) is 4.79 Å². The average molecular weight is 356 g/mol. The van der Waals surface area contributed by atoms with E-state index in [2.05, 4.69) is 15.5 Å². The predicted octanol–water partition coefficient (Wildman–Crippen LogP) is 3.54. The molecule has 2 aliphatic rings. The lowest BCUT2D eigenvalue weighted by Crippen LogP contribution is -2.63. The highest BCUT2D eigenvalue weighted by molar-refractivity contribution is 6.35. The van der Waals surface area contributed by atoms with Crippen molar-refractivity contribution in [2.24, 2.45) is 0 Å². The lowest BCUT2D eigenvalue weighted by molar-refractivity contribution is -0.120. The first-order valence-electron chi connectivity index (χ1n) is 8.30. The van der Waals surface area contributed by atoms with E-state index in [1.807, 2.05) is 0 Å². The van der Waals surface area contributed by atoms with Crippen LogP contribution in [-0.2, 0) is 4.79 Å². The smallest absolute Gasteiger partial charge is 0.238 e. The molecule has 2 fully saturated rings. The average Bonchev–Trinajstić information content (AvgIpc) is 2.54. The van der Waals surface area contributed by atoms with Crippen molar-refractivity contribution >= 4 is 34.8 Å². The van der Waals surface area contributed by atoms with Crippen LogP contribution in [0, 0.1) is 0 Å². The number of halogens is 2. The fourth-order valence-corrected chi connectivity index (χ4v) is 4.13. The highest BCUT2D eigenvalue weighted by Crippen LogP contribution is 2.34. The van der Waals surface area contributed by atoms with Crippen LogP contribution < -0.4 is 10.6 Å². The molecule has 1 aromatic carbocycles. The fourth-order valence-electron chi connectivity index (χ4n) is 3.79. The maximum atomic E-state index is 12.5. The van der Waals surface area contributed by atoms with Gasteiger partial charge in [-0.05, 0) is 31.0 Å². The first-order valence-corrected chi connectivity index (χ1v) is 9.05. The van der Waals surface area contributed by atoms with Gasteiger partial charge in [0, 0.05) is 30.2 Å². The molecule has 4 nitrogen and oxygen atoms in total. The molecular weight excluding hydrogens is 333 g/mol. The molecule has 1 aromatic rings. The summed E-state index contributed by atoms with van der Waals surface area (Å²) in [5.74, 6) is -0.0268. The molecule has 1 aliphatic heterocycles. The number of nitrogens with zero attached hydrogens (tertiary/aromatic N) is 1. The van der Waals surface area contributed by atoms with Crippen LogP contribution in [0.25, 0.3) is 0 Å². The summed E-state index contributed by atoms with van der Waals surface area (Å²) in [6.45, 7) is 3.24. The Morgan fingerprint density at radius 2 is 2.04 bits per heavy atom. The van der Waals surface area contributed by atoms with Crippen molar-refractivity contribution in [1.82, 2.24) is 10.2 Å². The van der Waals surface area contributed by atoms with Gasteiger partial charge in [-0.15, -0.1) is 0 Å². The molecule has 0 atom stereocenters. The van der Waals surface area contributed by atoms with Gasteiger partial charge in [0.25, 0.3) is 0 Å². The maximum Gasteiger partial charge on any atom is 0.238 e. The summed E-state index contributed by atoms with van der Waals surface area (Å²) in [6.07, 6.45) is 6.15. The van der Waals surface area contributed by atoms with E-state index in [1.54, 1.807) is 18.2 Å². The van der Waals surface area contributed by atoms with Crippen LogP contribution in [0.2, 0.25) is 10.0 Å². The Hall–Kier alpha value is -0.810. The molecule has 1 saturated carbocycles. The molecule has 0 aromatic heterocycles. The zero-order chi connectivity index (χ0) is 16.3. The number of carbonyl (C=O) groups excluding carboxylic acids is 1. The van der Waals surface area contributed by atoms with Crippen molar-refractivity contribution in [3.63, 3.8) is 0 Å². The summed E-state index contributed by atoms with van der Waals surface area (Å²) >= 11 is 12.1. The number of amides is 1. The minimum atomic E-state index is -0.0268. The van der Waals surface area contributed by atoms with Gasteiger partial charge in [0.15, 0.2) is 0 Å². The van der Waals surface area contributed by atoms with Crippen molar-refractivity contribution in [2.45, 2.75) is 37.6 Å². The summed E-state index contributed by atoms with van der Waals surface area (Å²) in [5, 5.41) is 7.48. The number of benzene rings is 1. The summed E-state index contributed by atoms with van der Waals surface area (Å²) in [4.78, 5) is 14.9. The number of hydrogen-bond acceptors (Lipinski definition) is 3. The largest absolute Gasteiger partial charge is 0.324 e. The number of anilines is 1. The van der Waals surface area contributed by atoms with Gasteiger partial charge in [-0.1, -0.05) is 42.5 Å². The van der Waals surface area contributed by atoms with Crippen molar-refractivity contribution in [2.75, 3.05) is 31.5 Å². The number of rotatable bonds is 3. The van der Waals surface area contributed by atoms with Gasteiger partial charge in [-0.25, -0.2) is 0 Å². The van der Waals surface area contributed by atoms with Crippen molar-refractivity contribution in [3.05, 3.63) is 28.2 Å². The number of hydrogen-bond donors (Lipinski definition) is 2. The number of piperazine rings is 1. The van der Waals surface area contributed by atoms with Crippen LogP contribution in [-0.4, -0.2) is 42.5 Å². The summed E-state index contributed by atoms with van der Waals surface area (Å²) in [7, 11) is 0. The minimum Gasteiger partial charge on any atom is -0.324 e. The molecule has 0 radical (unpaired) electrons. The fraction of sp³-hybridized carbons (Fsp3) is 0.588. The second kappa shape index (κ2) is 7.39. The van der Waals surface area contributed by atoms with Crippen LogP contribution in [0.3, 0.4) is 0 Å². The van der Waals surface area contributed by atoms with Gasteiger partial charge in [0.1, 0.15) is 0 Å². The summed E-state index contributed by atoms with van der Waals surface area (Å²) < 4.78 is 0. The van der Waals surface area contributed by atoms with E-state index in [4.69, 9.17) is 23.2 Å². The third-order valence-corrected chi connectivity index (χ3v) is 5.57. The quantitative estimate of drug-likeness (QED) is 0.871. The van der Waals surface area contributed by atoms with Crippen LogP contribution in [0.4, 0.5) is 5.69 Å². The van der Waals surface area contributed by atoms with Gasteiger partial charge in [0.05, 0.1) is 17.3 Å². The van der Waals surface area contributed by atoms with Crippen LogP contribution in [0.15, 0.2) is 18.2 Å². The third-order valence-electron chi connectivity index (χ3n) is 5.00. The molecule has 2 N–H and O–H groups in total. The van der Waals surface area contributed by atoms with E-state index in [0.29, 0.717) is 22.3 Å². The molecular formula is C17H23Cl2N3O. The Bertz CT molecular complexity index is 565. The Labute approximate surface area is 147 Å². The van der Waals surface area contributed by atoms with Crippen molar-refractivity contribution < 1.29 is 4.79 Å². The molecule has 0 bridgehead atoms. The predicted molar refractivity (Wildman–Crippen MR) is 95.4 cm³/mol. The maximum absolute atomic E-state index is 12.5. The highest BCUT2D eigenvalue weighted by Gasteiger charge is 2.40. The van der Waals surface area contributed by atoms with E-state index >= 15 is 0 Å². The van der Waals surface area contributed by atoms with Gasteiger partial charge >= 0.3 is 0 Å². The molecule has 1 saturated heterocycles. The molecule has 6 heteroatoms. The van der Waals surface area contributed by atoms with Gasteiger partial charge in [-0.2, -0.15) is 0 Å². The molecule has 23 heavy (non-hydrogen) atoms. The summed E-state index contributed by atoms with van der Waals surface area (Å²) in [5.41, 5.74) is 0.725. The monoisotopic (exact) mass is 355 g/mol. The Morgan fingerprint density at radius 1 is 1.26 bits per heavy atom. The SMILES string of the molecule is O=C(CN1CCNCC12CCCCC2)Nc1cc(Cl)ccc1Cl. The second-order valence-corrected chi connectivity index (χ2v) is 7.40. The van der Waals surface area contributed by atoms with Gasteiger partial charge < -0.3 is 10.6 Å². The Morgan fingerprint density at radius 3 is 2.83 bits per heavy atom. The van der Waals surface area contributed by atoms with E-state index in [0.717, 1.165) is 19.6 Å². The highest BCUT2D eigenvalue weighted by atomic mass is 35.5. The Balaban J connectivity index is 1.67. The number of carbonyl (C=O) groups is 1. The molecule has 1 heterocycles. The molecule has 1 spiro atoms. The standard InChI is InChI=1S/C17H23Cl2N3O/c18-13-4-5-14(19)15(10-13)21-16(23)11-22-9-8-20-12-17(22)6-2-1-3-7-17/h4-5,10,20H,1-3,6-9,11-12H2,(H,21,23). The van der Waals surface area contributed by atoms with Gasteiger partial charge in [0.2, 0.25) is 5.91 Å². The molecule has 1 aliphatic carbocycles. The van der Waals surface area contributed by atoms with Crippen LogP contribution in [0.5, 0.6) is 0 Å². The summed E-state index contributed by atoms with van der Waals surface area (Å²) in [6, 6.07) is 5.11. The molecule has 0 unspecified atom stereocenters. The number of nitrogens with one attached hydrogen (secondary N) is 2. The first-order chi connectivity index (χ1) is 11.1. The first kappa shape index (κ1) is 17.0. The molecule has 126 valence electrons. The topological polar surface area (TPSA) is 44.4 Å². The second-order valence-electron chi connectivity index (χ2n) is 6.56. The van der Waals surface area contributed by atoms with E-state index < -0.39 is 0 Å². The van der Waals surface area contributed by atoms with Gasteiger partial charge in [-0.3, -0.25) is 9.69 Å². The van der Waals surface area contributed by atoms with Crippen LogP contribution in [0.1, 0.15) is 32.1 Å². The normalized spacial score (nSPS) is 21.3. The van der Waals surface area contributed by atoms with Crippen LogP contribution >= 0.6 is 23.2 Å².